The number of piperidine rings is 1. The topological polar surface area (TPSA) is 32.3 Å². The van der Waals surface area contributed by atoms with Crippen LogP contribution in [0.3, 0.4) is 0 Å². The van der Waals surface area contributed by atoms with Gasteiger partial charge in [-0.05, 0) is 50.6 Å². The van der Waals surface area contributed by atoms with Crippen LogP contribution in [-0.2, 0) is 4.79 Å². The van der Waals surface area contributed by atoms with E-state index in [9.17, 15) is 4.79 Å². The molecule has 0 saturated carbocycles. The van der Waals surface area contributed by atoms with E-state index < -0.39 is 0 Å². The van der Waals surface area contributed by atoms with Gasteiger partial charge in [0.25, 0.3) is 0 Å². The summed E-state index contributed by atoms with van der Waals surface area (Å²) in [5.74, 6) is 0.151. The summed E-state index contributed by atoms with van der Waals surface area (Å²) in [5.41, 5.74) is 2.17. The van der Waals surface area contributed by atoms with Crippen LogP contribution in [0.4, 0.5) is 5.69 Å². The molecule has 118 valence electrons. The SMILES string of the molecule is C=CCCN1CCCC[C@H]1C(=O)Nc1c(C)csc1C.Cl. The van der Waals surface area contributed by atoms with Gasteiger partial charge < -0.3 is 5.32 Å². The number of thiophene rings is 1. The lowest BCUT2D eigenvalue weighted by molar-refractivity contribution is -0.122. The van der Waals surface area contributed by atoms with Crippen LogP contribution in [-0.4, -0.2) is 29.9 Å². The molecule has 2 rings (SSSR count). The van der Waals surface area contributed by atoms with Crippen LogP contribution in [0.1, 0.15) is 36.1 Å². The van der Waals surface area contributed by atoms with Gasteiger partial charge in [0, 0.05) is 11.4 Å². The molecule has 0 bridgehead atoms. The van der Waals surface area contributed by atoms with Gasteiger partial charge in [0.15, 0.2) is 0 Å². The van der Waals surface area contributed by atoms with Crippen molar-refractivity contribution in [2.45, 2.75) is 45.6 Å². The van der Waals surface area contributed by atoms with Gasteiger partial charge in [-0.25, -0.2) is 0 Å². The average Bonchev–Trinajstić information content (AvgIpc) is 2.77. The van der Waals surface area contributed by atoms with Gasteiger partial charge in [-0.1, -0.05) is 12.5 Å². The predicted octanol–water partition coefficient (Wildman–Crippen LogP) is 4.16. The number of amides is 1. The first kappa shape index (κ1) is 18.2. The van der Waals surface area contributed by atoms with E-state index in [0.29, 0.717) is 0 Å². The number of carbonyl (C=O) groups is 1. The predicted molar refractivity (Wildman–Crippen MR) is 93.7 cm³/mol. The molecular weight excluding hydrogens is 304 g/mol. The van der Waals surface area contributed by atoms with Gasteiger partial charge >= 0.3 is 0 Å². The molecule has 0 radical (unpaired) electrons. The summed E-state index contributed by atoms with van der Waals surface area (Å²) >= 11 is 1.69. The molecule has 1 aliphatic rings. The minimum atomic E-state index is 0. The maximum atomic E-state index is 12.6. The molecule has 1 fully saturated rings. The number of likely N-dealkylation sites (tertiary alicyclic amines) is 1. The minimum absolute atomic E-state index is 0. The Balaban J connectivity index is 0.00000220. The Morgan fingerprint density at radius 1 is 1.52 bits per heavy atom. The zero-order valence-corrected chi connectivity index (χ0v) is 14.5. The van der Waals surface area contributed by atoms with Crippen LogP contribution < -0.4 is 5.32 Å². The van der Waals surface area contributed by atoms with Crippen molar-refractivity contribution in [2.24, 2.45) is 0 Å². The third-order valence-corrected chi connectivity index (χ3v) is 4.97. The standard InChI is InChI=1S/C16H24N2OS.ClH/c1-4-5-9-18-10-7-6-8-14(18)16(19)17-15-12(2)11-20-13(15)3;/h4,11,14H,1,5-10H2,2-3H3,(H,17,19);1H/t14-;/m0./s1. The molecule has 0 spiro atoms. The van der Waals surface area contributed by atoms with Gasteiger partial charge in [-0.3, -0.25) is 9.69 Å². The van der Waals surface area contributed by atoms with Crippen molar-refractivity contribution in [1.82, 2.24) is 4.90 Å². The highest BCUT2D eigenvalue weighted by molar-refractivity contribution is 7.10. The normalized spacial score (nSPS) is 18.9. The lowest BCUT2D eigenvalue weighted by Crippen LogP contribution is -2.47. The Morgan fingerprint density at radius 3 is 2.90 bits per heavy atom. The molecule has 0 unspecified atom stereocenters. The third-order valence-electron chi connectivity index (χ3n) is 3.94. The van der Waals surface area contributed by atoms with Crippen LogP contribution in [0.5, 0.6) is 0 Å². The zero-order valence-electron chi connectivity index (χ0n) is 12.9. The molecule has 1 aliphatic heterocycles. The molecule has 3 nitrogen and oxygen atoms in total. The highest BCUT2D eigenvalue weighted by Crippen LogP contribution is 2.27. The third kappa shape index (κ3) is 4.56. The van der Waals surface area contributed by atoms with Gasteiger partial charge in [0.05, 0.1) is 11.7 Å². The number of hydrogen-bond donors (Lipinski definition) is 1. The van der Waals surface area contributed by atoms with E-state index in [1.54, 1.807) is 11.3 Å². The van der Waals surface area contributed by atoms with E-state index in [1.807, 2.05) is 6.08 Å². The minimum Gasteiger partial charge on any atom is -0.323 e. The summed E-state index contributed by atoms with van der Waals surface area (Å²) in [7, 11) is 0. The summed E-state index contributed by atoms with van der Waals surface area (Å²) in [6.45, 7) is 9.84. The number of halogens is 1. The lowest BCUT2D eigenvalue weighted by Gasteiger charge is -2.34. The highest BCUT2D eigenvalue weighted by atomic mass is 35.5. The molecule has 1 saturated heterocycles. The lowest BCUT2D eigenvalue weighted by atomic mass is 10.0. The van der Waals surface area contributed by atoms with E-state index in [0.717, 1.165) is 43.6 Å². The number of anilines is 1. The Bertz CT molecular complexity index is 467. The van der Waals surface area contributed by atoms with E-state index in [1.165, 1.54) is 11.3 Å². The molecular formula is C16H25ClN2OS. The van der Waals surface area contributed by atoms with E-state index >= 15 is 0 Å². The Hall–Kier alpha value is -0.840. The second kappa shape index (κ2) is 8.57. The molecule has 0 aliphatic carbocycles. The Morgan fingerprint density at radius 2 is 2.29 bits per heavy atom. The van der Waals surface area contributed by atoms with Gasteiger partial charge in [0.2, 0.25) is 5.91 Å². The largest absolute Gasteiger partial charge is 0.323 e. The fraction of sp³-hybridized carbons (Fsp3) is 0.562. The van der Waals surface area contributed by atoms with Gasteiger partial charge in [-0.2, -0.15) is 0 Å². The summed E-state index contributed by atoms with van der Waals surface area (Å²) in [6.07, 6.45) is 6.17. The summed E-state index contributed by atoms with van der Waals surface area (Å²) < 4.78 is 0. The van der Waals surface area contributed by atoms with Gasteiger partial charge in [0.1, 0.15) is 0 Å². The fourth-order valence-electron chi connectivity index (χ4n) is 2.78. The summed E-state index contributed by atoms with van der Waals surface area (Å²) in [5, 5.41) is 5.24. The first-order valence-corrected chi connectivity index (χ1v) is 8.22. The van der Waals surface area contributed by atoms with Crippen molar-refractivity contribution in [1.29, 1.82) is 0 Å². The van der Waals surface area contributed by atoms with Crippen LogP contribution >= 0.6 is 23.7 Å². The van der Waals surface area contributed by atoms with Crippen molar-refractivity contribution in [3.05, 3.63) is 28.5 Å². The second-order valence-electron chi connectivity index (χ2n) is 5.46. The monoisotopic (exact) mass is 328 g/mol. The Labute approximate surface area is 137 Å². The molecule has 1 N–H and O–H groups in total. The number of nitrogens with zero attached hydrogens (tertiary/aromatic N) is 1. The van der Waals surface area contributed by atoms with Crippen LogP contribution in [0.15, 0.2) is 18.0 Å². The quantitative estimate of drug-likeness (QED) is 0.823. The number of carbonyl (C=O) groups excluding carboxylic acids is 1. The molecule has 5 heteroatoms. The smallest absolute Gasteiger partial charge is 0.241 e. The maximum absolute atomic E-state index is 12.6. The Kier molecular flexibility index (Phi) is 7.43. The van der Waals surface area contributed by atoms with Crippen molar-refractivity contribution in [3.63, 3.8) is 0 Å². The zero-order chi connectivity index (χ0) is 14.5. The highest BCUT2D eigenvalue weighted by Gasteiger charge is 2.28. The summed E-state index contributed by atoms with van der Waals surface area (Å²) in [4.78, 5) is 16.1. The van der Waals surface area contributed by atoms with Crippen molar-refractivity contribution >= 4 is 35.3 Å². The molecule has 21 heavy (non-hydrogen) atoms. The second-order valence-corrected chi connectivity index (χ2v) is 6.55. The first-order chi connectivity index (χ1) is 9.63. The fourth-order valence-corrected chi connectivity index (χ4v) is 3.58. The maximum Gasteiger partial charge on any atom is 0.241 e. The van der Waals surface area contributed by atoms with Crippen molar-refractivity contribution in [3.8, 4) is 0 Å². The van der Waals surface area contributed by atoms with E-state index in [-0.39, 0.29) is 24.4 Å². The molecule has 1 aromatic rings. The van der Waals surface area contributed by atoms with Crippen LogP contribution in [0.25, 0.3) is 0 Å². The number of rotatable bonds is 5. The van der Waals surface area contributed by atoms with Crippen LogP contribution in [0, 0.1) is 13.8 Å². The molecule has 1 amide bonds. The number of hydrogen-bond acceptors (Lipinski definition) is 3. The van der Waals surface area contributed by atoms with Crippen LogP contribution in [0.2, 0.25) is 0 Å². The van der Waals surface area contributed by atoms with Crippen molar-refractivity contribution < 1.29 is 4.79 Å². The average molecular weight is 329 g/mol. The molecule has 1 aromatic heterocycles. The van der Waals surface area contributed by atoms with Crippen molar-refractivity contribution in [2.75, 3.05) is 18.4 Å². The number of aryl methyl sites for hydroxylation is 2. The molecule has 1 atom stereocenters. The molecule has 0 aromatic carbocycles. The van der Waals surface area contributed by atoms with E-state index in [2.05, 4.69) is 36.0 Å². The molecule has 2 heterocycles. The number of nitrogens with one attached hydrogen (secondary N) is 1. The van der Waals surface area contributed by atoms with Gasteiger partial charge in [-0.15, -0.1) is 30.3 Å². The first-order valence-electron chi connectivity index (χ1n) is 7.34. The summed E-state index contributed by atoms with van der Waals surface area (Å²) in [6, 6.07) is 0.0161. The van der Waals surface area contributed by atoms with E-state index in [4.69, 9.17) is 0 Å².